The molecular weight excluding hydrogens is 452 g/mol. The van der Waals surface area contributed by atoms with Crippen molar-refractivity contribution >= 4 is 40.2 Å². The number of benzene rings is 2. The number of carbonyl (C=O) groups excluding carboxylic acids is 1. The topological polar surface area (TPSA) is 77.8 Å². The predicted molar refractivity (Wildman–Crippen MR) is 103 cm³/mol. The van der Waals surface area contributed by atoms with E-state index in [2.05, 4.69) is 0 Å². The van der Waals surface area contributed by atoms with Gasteiger partial charge in [0, 0.05) is 14.8 Å². The molecule has 0 radical (unpaired) electrons. The maximum Gasteiger partial charge on any atom is 0.337 e. The van der Waals surface area contributed by atoms with Gasteiger partial charge in [0.2, 0.25) is 5.91 Å². The lowest BCUT2D eigenvalue weighted by atomic mass is 9.86. The molecule has 0 fully saturated rings. The number of carboxylic acids is 1. The summed E-state index contributed by atoms with van der Waals surface area (Å²) >= 11 is 2.03. The summed E-state index contributed by atoms with van der Waals surface area (Å²) in [5.74, 6) is -1.93. The maximum absolute atomic E-state index is 13.5. The van der Waals surface area contributed by atoms with Crippen LogP contribution in [0.4, 0.5) is 10.1 Å². The van der Waals surface area contributed by atoms with Crippen molar-refractivity contribution in [3.8, 4) is 0 Å². The fourth-order valence-corrected chi connectivity index (χ4v) is 4.41. The molecule has 0 saturated carbocycles. The van der Waals surface area contributed by atoms with Crippen LogP contribution in [0.15, 0.2) is 24.3 Å². The van der Waals surface area contributed by atoms with Crippen molar-refractivity contribution in [2.24, 2.45) is 0 Å². The number of carboxylic acid groups (broad SMARTS) is 1. The molecule has 1 aliphatic heterocycles. The first kappa shape index (κ1) is 18.8. The summed E-state index contributed by atoms with van der Waals surface area (Å²) in [5.41, 5.74) is 3.93. The lowest BCUT2D eigenvalue weighted by Crippen LogP contribution is -2.37. The van der Waals surface area contributed by atoms with Crippen LogP contribution < -0.4 is 4.90 Å². The summed E-state index contributed by atoms with van der Waals surface area (Å²) in [4.78, 5) is 25.4. The number of aliphatic hydroxyl groups excluding tert-OH is 1. The average molecular weight is 469 g/mol. The van der Waals surface area contributed by atoms with Gasteiger partial charge in [-0.3, -0.25) is 4.79 Å². The van der Waals surface area contributed by atoms with Gasteiger partial charge in [-0.05, 0) is 76.9 Å². The summed E-state index contributed by atoms with van der Waals surface area (Å²) in [5, 5.41) is 19.3. The van der Waals surface area contributed by atoms with E-state index in [1.807, 2.05) is 29.5 Å². The summed E-state index contributed by atoms with van der Waals surface area (Å²) in [6.07, 6.45) is -1.56. The highest BCUT2D eigenvalue weighted by Gasteiger charge is 2.32. The third-order valence-corrected chi connectivity index (χ3v) is 6.20. The van der Waals surface area contributed by atoms with Crippen LogP contribution in [-0.2, 0) is 22.6 Å². The van der Waals surface area contributed by atoms with E-state index in [1.54, 1.807) is 19.1 Å². The first-order chi connectivity index (χ1) is 12.2. The third kappa shape index (κ3) is 3.09. The molecule has 0 aliphatic carbocycles. The second-order valence-corrected chi connectivity index (χ2v) is 7.39. The normalized spacial score (nSPS) is 15.0. The quantitative estimate of drug-likeness (QED) is 0.677. The zero-order chi connectivity index (χ0) is 19.2. The number of halogens is 2. The number of aliphatic carboxylic acids is 1. The van der Waals surface area contributed by atoms with Gasteiger partial charge in [0.05, 0.1) is 13.0 Å². The van der Waals surface area contributed by atoms with Crippen LogP contribution in [0.2, 0.25) is 0 Å². The van der Waals surface area contributed by atoms with Gasteiger partial charge >= 0.3 is 5.97 Å². The highest BCUT2D eigenvalue weighted by Crippen LogP contribution is 2.37. The molecule has 2 aromatic carbocycles. The molecule has 2 N–H and O–H groups in total. The predicted octanol–water partition coefficient (Wildman–Crippen LogP) is 3.25. The van der Waals surface area contributed by atoms with Crippen molar-refractivity contribution in [3.63, 3.8) is 0 Å². The molecule has 2 aromatic rings. The minimum atomic E-state index is -1.64. The summed E-state index contributed by atoms with van der Waals surface area (Å²) < 4.78 is 14.2. The Morgan fingerprint density at radius 2 is 1.96 bits per heavy atom. The van der Waals surface area contributed by atoms with Gasteiger partial charge in [-0.25, -0.2) is 9.18 Å². The van der Waals surface area contributed by atoms with Crippen molar-refractivity contribution in [1.29, 1.82) is 0 Å². The van der Waals surface area contributed by atoms with Gasteiger partial charge in [0.1, 0.15) is 5.82 Å². The minimum Gasteiger partial charge on any atom is -0.479 e. The van der Waals surface area contributed by atoms with E-state index in [4.69, 9.17) is 0 Å². The molecule has 1 heterocycles. The molecular formula is C19H17FINO4. The van der Waals surface area contributed by atoms with Gasteiger partial charge in [-0.15, -0.1) is 0 Å². The van der Waals surface area contributed by atoms with Crippen LogP contribution in [-0.4, -0.2) is 22.1 Å². The van der Waals surface area contributed by atoms with E-state index >= 15 is 0 Å². The van der Waals surface area contributed by atoms with Crippen LogP contribution >= 0.6 is 22.6 Å². The lowest BCUT2D eigenvalue weighted by Gasteiger charge is -2.33. The molecule has 0 spiro atoms. The van der Waals surface area contributed by atoms with Crippen molar-refractivity contribution in [3.05, 3.63) is 61.5 Å². The fraction of sp³-hybridized carbons (Fsp3) is 0.263. The Balaban J connectivity index is 2.13. The largest absolute Gasteiger partial charge is 0.479 e. The number of aliphatic hydroxyl groups is 1. The molecule has 0 saturated heterocycles. The third-order valence-electron chi connectivity index (χ3n) is 4.81. The molecule has 0 aromatic heterocycles. The van der Waals surface area contributed by atoms with Crippen LogP contribution in [0, 0.1) is 23.2 Å². The maximum atomic E-state index is 13.5. The van der Waals surface area contributed by atoms with Crippen molar-refractivity contribution in [2.45, 2.75) is 32.9 Å². The summed E-state index contributed by atoms with van der Waals surface area (Å²) in [6, 6.07) is 5.88. The first-order valence-corrected chi connectivity index (χ1v) is 9.07. The first-order valence-electron chi connectivity index (χ1n) is 7.99. The summed E-state index contributed by atoms with van der Waals surface area (Å²) in [6.45, 7) is 3.86. The Morgan fingerprint density at radius 1 is 1.27 bits per heavy atom. The molecule has 5 nitrogen and oxygen atoms in total. The fourth-order valence-electron chi connectivity index (χ4n) is 3.39. The van der Waals surface area contributed by atoms with E-state index in [-0.39, 0.29) is 18.9 Å². The monoisotopic (exact) mass is 469 g/mol. The second-order valence-electron chi connectivity index (χ2n) is 6.31. The molecule has 3 rings (SSSR count). The number of hydrogen-bond acceptors (Lipinski definition) is 3. The molecule has 26 heavy (non-hydrogen) atoms. The summed E-state index contributed by atoms with van der Waals surface area (Å²) in [7, 11) is 0. The molecule has 1 atom stereocenters. The molecule has 7 heteroatoms. The van der Waals surface area contributed by atoms with Gasteiger partial charge < -0.3 is 15.1 Å². The number of nitrogens with zero attached hydrogens (tertiary/aromatic N) is 1. The standard InChI is InChI=1S/C19H17FINO4/c1-9-13-7-15(23)22(12-5-3-4-11(20)6-12)8-14(13)10(2)17(21)16(9)18(24)19(25)26/h3-6,18,24H,7-8H2,1-2H3,(H,25,26)/t18-/m0/s1. The zero-order valence-corrected chi connectivity index (χ0v) is 16.4. The highest BCUT2D eigenvalue weighted by molar-refractivity contribution is 14.1. The number of anilines is 1. The van der Waals surface area contributed by atoms with E-state index in [1.165, 1.54) is 17.0 Å². The zero-order valence-electron chi connectivity index (χ0n) is 14.2. The minimum absolute atomic E-state index is 0.0782. The van der Waals surface area contributed by atoms with Crippen molar-refractivity contribution < 1.29 is 24.2 Å². The molecule has 136 valence electrons. The van der Waals surface area contributed by atoms with Gasteiger partial charge in [0.25, 0.3) is 0 Å². The lowest BCUT2D eigenvalue weighted by molar-refractivity contribution is -0.147. The Bertz CT molecular complexity index is 928. The average Bonchev–Trinajstić information content (AvgIpc) is 2.59. The number of hydrogen-bond donors (Lipinski definition) is 2. The van der Waals surface area contributed by atoms with Crippen molar-refractivity contribution in [1.82, 2.24) is 0 Å². The molecule has 1 amide bonds. The van der Waals surface area contributed by atoms with Crippen LogP contribution in [0.1, 0.15) is 33.9 Å². The van der Waals surface area contributed by atoms with Crippen LogP contribution in [0.5, 0.6) is 0 Å². The smallest absolute Gasteiger partial charge is 0.337 e. The van der Waals surface area contributed by atoms with E-state index in [9.17, 15) is 24.2 Å². The highest BCUT2D eigenvalue weighted by atomic mass is 127. The van der Waals surface area contributed by atoms with E-state index in [0.29, 0.717) is 20.4 Å². The van der Waals surface area contributed by atoms with Gasteiger partial charge in [-0.2, -0.15) is 0 Å². The van der Waals surface area contributed by atoms with Crippen molar-refractivity contribution in [2.75, 3.05) is 4.90 Å². The SMILES string of the molecule is Cc1c(I)c([C@H](O)C(=O)O)c(C)c2c1CN(c1cccc(F)c1)C(=O)C2. The number of fused-ring (bicyclic) bond motifs is 1. The number of amides is 1. The Kier molecular flexibility index (Phi) is 5.03. The Hall–Kier alpha value is -2.00. The molecule has 0 unspecified atom stereocenters. The van der Waals surface area contributed by atoms with E-state index < -0.39 is 17.9 Å². The van der Waals surface area contributed by atoms with Crippen LogP contribution in [0.25, 0.3) is 0 Å². The Morgan fingerprint density at radius 3 is 2.58 bits per heavy atom. The number of rotatable bonds is 3. The molecule has 1 aliphatic rings. The van der Waals surface area contributed by atoms with E-state index in [0.717, 1.165) is 16.7 Å². The van der Waals surface area contributed by atoms with Crippen LogP contribution in [0.3, 0.4) is 0 Å². The Labute approximate surface area is 163 Å². The second kappa shape index (κ2) is 6.96. The van der Waals surface area contributed by atoms with Gasteiger partial charge in [-0.1, -0.05) is 6.07 Å². The molecule has 0 bridgehead atoms. The van der Waals surface area contributed by atoms with Gasteiger partial charge in [0.15, 0.2) is 6.10 Å². The number of carbonyl (C=O) groups is 2.